The van der Waals surface area contributed by atoms with Gasteiger partial charge in [-0.2, -0.15) is 4.98 Å². The first kappa shape index (κ1) is 15.1. The topological polar surface area (TPSA) is 59.2 Å². The molecular weight excluding hydrogens is 322 g/mol. The second-order valence-electron chi connectivity index (χ2n) is 5.96. The standard InChI is InChI=1S/C18H17N3O2S/c22-17-9-14(12-21(17)11-13-5-2-1-3-6-13)18-19-16(23-20-18)10-15-7-4-8-24-15/h1-8,14H,9-12H2. The first-order valence-electron chi connectivity index (χ1n) is 7.94. The van der Waals surface area contributed by atoms with Crippen molar-refractivity contribution in [3.63, 3.8) is 0 Å². The van der Waals surface area contributed by atoms with Gasteiger partial charge in [-0.15, -0.1) is 11.3 Å². The maximum absolute atomic E-state index is 12.3. The van der Waals surface area contributed by atoms with Crippen molar-refractivity contribution in [3.8, 4) is 0 Å². The van der Waals surface area contributed by atoms with E-state index in [-0.39, 0.29) is 11.8 Å². The van der Waals surface area contributed by atoms with Gasteiger partial charge in [-0.3, -0.25) is 4.79 Å². The van der Waals surface area contributed by atoms with Crippen LogP contribution in [0, 0.1) is 0 Å². The van der Waals surface area contributed by atoms with Crippen LogP contribution in [0.2, 0.25) is 0 Å². The zero-order valence-electron chi connectivity index (χ0n) is 13.1. The van der Waals surface area contributed by atoms with Crippen molar-refractivity contribution in [2.45, 2.75) is 25.3 Å². The minimum Gasteiger partial charge on any atom is -0.339 e. The molecule has 6 heteroatoms. The molecule has 0 aliphatic carbocycles. The van der Waals surface area contributed by atoms with Crippen LogP contribution in [0.4, 0.5) is 0 Å². The zero-order chi connectivity index (χ0) is 16.4. The number of aromatic nitrogens is 2. The van der Waals surface area contributed by atoms with Crippen molar-refractivity contribution in [1.82, 2.24) is 15.0 Å². The Morgan fingerprint density at radius 2 is 2.08 bits per heavy atom. The van der Waals surface area contributed by atoms with Crippen LogP contribution in [0.1, 0.15) is 34.5 Å². The van der Waals surface area contributed by atoms with Crippen LogP contribution in [0.25, 0.3) is 0 Å². The molecule has 0 N–H and O–H groups in total. The summed E-state index contributed by atoms with van der Waals surface area (Å²) < 4.78 is 5.35. The zero-order valence-corrected chi connectivity index (χ0v) is 13.9. The molecule has 2 aromatic heterocycles. The largest absolute Gasteiger partial charge is 0.339 e. The molecule has 0 radical (unpaired) electrons. The lowest BCUT2D eigenvalue weighted by molar-refractivity contribution is -0.128. The fraction of sp³-hybridized carbons (Fsp3) is 0.278. The fourth-order valence-corrected chi connectivity index (χ4v) is 3.67. The molecular formula is C18H17N3O2S. The lowest BCUT2D eigenvalue weighted by atomic mass is 10.1. The maximum atomic E-state index is 12.3. The summed E-state index contributed by atoms with van der Waals surface area (Å²) >= 11 is 1.67. The van der Waals surface area contributed by atoms with E-state index >= 15 is 0 Å². The van der Waals surface area contributed by atoms with Crippen LogP contribution in [-0.2, 0) is 17.8 Å². The highest BCUT2D eigenvalue weighted by Crippen LogP contribution is 2.28. The first-order valence-corrected chi connectivity index (χ1v) is 8.82. The van der Waals surface area contributed by atoms with Gasteiger partial charge in [0.1, 0.15) is 0 Å². The quantitative estimate of drug-likeness (QED) is 0.716. The number of amides is 1. The van der Waals surface area contributed by atoms with Crippen molar-refractivity contribution in [2.75, 3.05) is 6.54 Å². The molecule has 1 aliphatic rings. The van der Waals surface area contributed by atoms with E-state index in [1.54, 1.807) is 11.3 Å². The number of thiophene rings is 1. The van der Waals surface area contributed by atoms with Gasteiger partial charge in [0, 0.05) is 30.3 Å². The molecule has 4 rings (SSSR count). The summed E-state index contributed by atoms with van der Waals surface area (Å²) in [6.07, 6.45) is 1.10. The summed E-state index contributed by atoms with van der Waals surface area (Å²) in [5, 5.41) is 6.13. The summed E-state index contributed by atoms with van der Waals surface area (Å²) in [5.41, 5.74) is 1.14. The van der Waals surface area contributed by atoms with Crippen LogP contribution < -0.4 is 0 Å². The number of nitrogens with zero attached hydrogens (tertiary/aromatic N) is 3. The second-order valence-corrected chi connectivity index (χ2v) is 7.00. The molecule has 24 heavy (non-hydrogen) atoms. The number of carbonyl (C=O) groups excluding carboxylic acids is 1. The van der Waals surface area contributed by atoms with Gasteiger partial charge >= 0.3 is 0 Å². The van der Waals surface area contributed by atoms with Gasteiger partial charge in [0.05, 0.1) is 6.42 Å². The smallest absolute Gasteiger partial charge is 0.231 e. The average Bonchev–Trinajstić information content (AvgIpc) is 3.32. The van der Waals surface area contributed by atoms with E-state index in [0.717, 1.165) is 5.56 Å². The Labute approximate surface area is 143 Å². The van der Waals surface area contributed by atoms with Gasteiger partial charge in [-0.05, 0) is 17.0 Å². The Morgan fingerprint density at radius 3 is 2.88 bits per heavy atom. The van der Waals surface area contributed by atoms with Crippen LogP contribution in [-0.4, -0.2) is 27.5 Å². The van der Waals surface area contributed by atoms with Crippen molar-refractivity contribution >= 4 is 17.2 Å². The highest BCUT2D eigenvalue weighted by atomic mass is 32.1. The van der Waals surface area contributed by atoms with E-state index in [1.807, 2.05) is 46.7 Å². The minimum atomic E-state index is 0.0158. The van der Waals surface area contributed by atoms with Gasteiger partial charge in [0.2, 0.25) is 11.8 Å². The van der Waals surface area contributed by atoms with E-state index in [2.05, 4.69) is 16.2 Å². The maximum Gasteiger partial charge on any atom is 0.231 e. The summed E-state index contributed by atoms with van der Waals surface area (Å²) in [6.45, 7) is 1.28. The molecule has 122 valence electrons. The van der Waals surface area contributed by atoms with Gasteiger partial charge < -0.3 is 9.42 Å². The molecule has 0 saturated carbocycles. The Kier molecular flexibility index (Phi) is 4.13. The number of hydrogen-bond donors (Lipinski definition) is 0. The van der Waals surface area contributed by atoms with Crippen molar-refractivity contribution < 1.29 is 9.32 Å². The Bertz CT molecular complexity index is 814. The van der Waals surface area contributed by atoms with Gasteiger partial charge in [-0.1, -0.05) is 41.6 Å². The molecule has 0 spiro atoms. The number of rotatable bonds is 5. The molecule has 5 nitrogen and oxygen atoms in total. The van der Waals surface area contributed by atoms with E-state index in [9.17, 15) is 4.79 Å². The van der Waals surface area contributed by atoms with Crippen molar-refractivity contribution in [1.29, 1.82) is 0 Å². The average molecular weight is 339 g/mol. The molecule has 1 saturated heterocycles. The summed E-state index contributed by atoms with van der Waals surface area (Å²) in [7, 11) is 0. The molecule has 3 aromatic rings. The summed E-state index contributed by atoms with van der Waals surface area (Å²) in [4.78, 5) is 19.8. The van der Waals surface area contributed by atoms with E-state index in [1.165, 1.54) is 4.88 Å². The monoisotopic (exact) mass is 339 g/mol. The SMILES string of the molecule is O=C1CC(c2noc(Cc3cccs3)n2)CN1Cc1ccccc1. The lowest BCUT2D eigenvalue weighted by Gasteiger charge is -2.15. The first-order chi connectivity index (χ1) is 11.8. The van der Waals surface area contributed by atoms with Gasteiger partial charge in [-0.25, -0.2) is 0 Å². The third kappa shape index (κ3) is 3.23. The van der Waals surface area contributed by atoms with Crippen molar-refractivity contribution in [3.05, 3.63) is 70.0 Å². The molecule has 1 aliphatic heterocycles. The molecule has 3 heterocycles. The van der Waals surface area contributed by atoms with Crippen LogP contribution in [0.3, 0.4) is 0 Å². The molecule has 1 aromatic carbocycles. The van der Waals surface area contributed by atoms with E-state index in [4.69, 9.17) is 4.52 Å². The molecule has 1 unspecified atom stereocenters. The van der Waals surface area contributed by atoms with E-state index in [0.29, 0.717) is 37.6 Å². The number of carbonyl (C=O) groups is 1. The minimum absolute atomic E-state index is 0.0158. The molecule has 1 atom stereocenters. The Hall–Kier alpha value is -2.47. The molecule has 1 amide bonds. The highest BCUT2D eigenvalue weighted by molar-refractivity contribution is 7.09. The van der Waals surface area contributed by atoms with Crippen LogP contribution in [0.5, 0.6) is 0 Å². The van der Waals surface area contributed by atoms with Crippen LogP contribution >= 0.6 is 11.3 Å². The number of benzene rings is 1. The third-order valence-corrected chi connectivity index (χ3v) is 5.06. The number of likely N-dealkylation sites (tertiary alicyclic amines) is 1. The lowest BCUT2D eigenvalue weighted by Crippen LogP contribution is -2.24. The van der Waals surface area contributed by atoms with Gasteiger partial charge in [0.25, 0.3) is 0 Å². The third-order valence-electron chi connectivity index (χ3n) is 4.19. The molecule has 0 bridgehead atoms. The molecule has 1 fully saturated rings. The fourth-order valence-electron chi connectivity index (χ4n) is 2.97. The highest BCUT2D eigenvalue weighted by Gasteiger charge is 2.33. The normalized spacial score (nSPS) is 17.6. The number of hydrogen-bond acceptors (Lipinski definition) is 5. The van der Waals surface area contributed by atoms with Gasteiger partial charge in [0.15, 0.2) is 5.82 Å². The summed E-state index contributed by atoms with van der Waals surface area (Å²) in [6, 6.07) is 14.1. The van der Waals surface area contributed by atoms with Crippen molar-refractivity contribution in [2.24, 2.45) is 0 Å². The predicted octanol–water partition coefficient (Wildman–Crippen LogP) is 3.24. The Morgan fingerprint density at radius 1 is 1.21 bits per heavy atom. The summed E-state index contributed by atoms with van der Waals surface area (Å²) in [5.74, 6) is 1.42. The predicted molar refractivity (Wildman–Crippen MR) is 90.6 cm³/mol. The van der Waals surface area contributed by atoms with Crippen LogP contribution in [0.15, 0.2) is 52.4 Å². The Balaban J connectivity index is 1.42. The second kappa shape index (κ2) is 6.57. The van der Waals surface area contributed by atoms with E-state index < -0.39 is 0 Å².